The summed E-state index contributed by atoms with van der Waals surface area (Å²) in [5.41, 5.74) is 5.22. The number of carbonyl (C=O) groups is 2. The zero-order chi connectivity index (χ0) is 22.0. The van der Waals surface area contributed by atoms with Crippen LogP contribution in [0, 0.1) is 6.92 Å². The number of hydrogen-bond donors (Lipinski definition) is 2. The Bertz CT molecular complexity index is 986. The fourth-order valence-electron chi connectivity index (χ4n) is 4.11. The first-order valence-electron chi connectivity index (χ1n) is 10.7. The van der Waals surface area contributed by atoms with Gasteiger partial charge in [0.1, 0.15) is 5.69 Å². The van der Waals surface area contributed by atoms with E-state index in [0.29, 0.717) is 18.8 Å². The fraction of sp³-hybridized carbons (Fsp3) is 0.455. The van der Waals surface area contributed by atoms with Crippen molar-refractivity contribution in [1.29, 1.82) is 0 Å². The van der Waals surface area contributed by atoms with Crippen molar-refractivity contribution in [3.8, 4) is 0 Å². The Labute approximate surface area is 182 Å². The number of urea groups is 1. The molecule has 0 spiro atoms. The second-order valence-corrected chi connectivity index (χ2v) is 7.93. The van der Waals surface area contributed by atoms with E-state index < -0.39 is 0 Å². The standard InChI is InChI=1S/C22H29N7O2/c1-4-28-14-19-18(26-22(28)31)11-16(12-24-19)13-27-7-9-29(10-8-27)20-6-5-17(21(30)23-3)25-15(20)2/h5-6,11-12H,4,7-10,13-14H2,1-3H3,(H,23,30)(H,26,31). The van der Waals surface area contributed by atoms with Gasteiger partial charge in [-0.3, -0.25) is 14.7 Å². The minimum absolute atomic E-state index is 0.0611. The Kier molecular flexibility index (Phi) is 6.03. The van der Waals surface area contributed by atoms with Crippen molar-refractivity contribution in [3.63, 3.8) is 0 Å². The van der Waals surface area contributed by atoms with Crippen molar-refractivity contribution >= 4 is 23.3 Å². The molecule has 164 valence electrons. The first-order valence-corrected chi connectivity index (χ1v) is 10.7. The van der Waals surface area contributed by atoms with Gasteiger partial charge < -0.3 is 20.4 Å². The molecule has 2 aliphatic rings. The number of amides is 3. The lowest BCUT2D eigenvalue weighted by atomic mass is 10.1. The second kappa shape index (κ2) is 8.89. The monoisotopic (exact) mass is 423 g/mol. The summed E-state index contributed by atoms with van der Waals surface area (Å²) in [7, 11) is 1.61. The van der Waals surface area contributed by atoms with E-state index >= 15 is 0 Å². The molecular formula is C22H29N7O2. The van der Waals surface area contributed by atoms with E-state index in [0.717, 1.165) is 61.0 Å². The van der Waals surface area contributed by atoms with Crippen LogP contribution in [0.1, 0.15) is 34.4 Å². The summed E-state index contributed by atoms with van der Waals surface area (Å²) in [5.74, 6) is -0.170. The SMILES string of the molecule is CCN1Cc2ncc(CN3CCN(c4ccc(C(=O)NC)nc4C)CC3)cc2NC1=O. The topological polar surface area (TPSA) is 93.7 Å². The maximum Gasteiger partial charge on any atom is 0.322 e. The Hall–Kier alpha value is -3.20. The van der Waals surface area contributed by atoms with E-state index in [1.807, 2.05) is 32.2 Å². The minimum atomic E-state index is -0.170. The van der Waals surface area contributed by atoms with E-state index in [9.17, 15) is 9.59 Å². The van der Waals surface area contributed by atoms with Gasteiger partial charge in [-0.25, -0.2) is 9.78 Å². The third-order valence-electron chi connectivity index (χ3n) is 5.91. The average molecular weight is 424 g/mol. The molecule has 2 N–H and O–H groups in total. The normalized spacial score (nSPS) is 16.7. The quantitative estimate of drug-likeness (QED) is 0.762. The van der Waals surface area contributed by atoms with Gasteiger partial charge in [-0.1, -0.05) is 0 Å². The van der Waals surface area contributed by atoms with Crippen molar-refractivity contribution in [2.24, 2.45) is 0 Å². The molecule has 2 aliphatic heterocycles. The van der Waals surface area contributed by atoms with E-state index in [-0.39, 0.29) is 11.9 Å². The highest BCUT2D eigenvalue weighted by Gasteiger charge is 2.24. The molecule has 2 aromatic heterocycles. The number of aromatic nitrogens is 2. The van der Waals surface area contributed by atoms with Crippen LogP contribution in [0.25, 0.3) is 0 Å². The van der Waals surface area contributed by atoms with Crippen molar-refractivity contribution in [2.45, 2.75) is 26.9 Å². The van der Waals surface area contributed by atoms with Crippen molar-refractivity contribution in [2.75, 3.05) is 50.0 Å². The number of rotatable bonds is 5. The zero-order valence-electron chi connectivity index (χ0n) is 18.3. The zero-order valence-corrected chi connectivity index (χ0v) is 18.3. The molecule has 4 heterocycles. The highest BCUT2D eigenvalue weighted by atomic mass is 16.2. The molecule has 3 amide bonds. The summed E-state index contributed by atoms with van der Waals surface area (Å²) in [4.78, 5) is 39.4. The number of pyridine rings is 2. The maximum atomic E-state index is 12.1. The molecule has 9 nitrogen and oxygen atoms in total. The van der Waals surface area contributed by atoms with Gasteiger partial charge in [-0.2, -0.15) is 0 Å². The van der Waals surface area contributed by atoms with Gasteiger partial charge in [0.15, 0.2) is 0 Å². The molecular weight excluding hydrogens is 394 g/mol. The Morgan fingerprint density at radius 3 is 2.68 bits per heavy atom. The average Bonchev–Trinajstić information content (AvgIpc) is 2.78. The molecule has 0 unspecified atom stereocenters. The van der Waals surface area contributed by atoms with Crippen LogP contribution in [-0.4, -0.2) is 71.5 Å². The molecule has 0 saturated carbocycles. The number of hydrogen-bond acceptors (Lipinski definition) is 6. The number of anilines is 2. The molecule has 31 heavy (non-hydrogen) atoms. The summed E-state index contributed by atoms with van der Waals surface area (Å²) in [6.45, 7) is 9.56. The molecule has 4 rings (SSSR count). The molecule has 0 bridgehead atoms. The van der Waals surface area contributed by atoms with Crippen molar-refractivity contribution in [3.05, 3.63) is 47.0 Å². The fourth-order valence-corrected chi connectivity index (χ4v) is 4.11. The summed E-state index contributed by atoms with van der Waals surface area (Å²) < 4.78 is 0. The van der Waals surface area contributed by atoms with Gasteiger partial charge in [-0.15, -0.1) is 0 Å². The molecule has 2 aromatic rings. The van der Waals surface area contributed by atoms with E-state index in [4.69, 9.17) is 0 Å². The molecule has 1 saturated heterocycles. The lowest BCUT2D eigenvalue weighted by Crippen LogP contribution is -2.46. The Morgan fingerprint density at radius 2 is 2.00 bits per heavy atom. The summed E-state index contributed by atoms with van der Waals surface area (Å²) >= 11 is 0. The lowest BCUT2D eigenvalue weighted by Gasteiger charge is -2.36. The van der Waals surface area contributed by atoms with Crippen LogP contribution in [0.2, 0.25) is 0 Å². The number of nitrogens with zero attached hydrogens (tertiary/aromatic N) is 5. The van der Waals surface area contributed by atoms with Gasteiger partial charge in [0.05, 0.1) is 29.3 Å². The maximum absolute atomic E-state index is 12.1. The highest BCUT2D eigenvalue weighted by molar-refractivity contribution is 5.92. The van der Waals surface area contributed by atoms with Crippen LogP contribution in [0.4, 0.5) is 16.2 Å². The third-order valence-corrected chi connectivity index (χ3v) is 5.91. The van der Waals surface area contributed by atoms with Crippen LogP contribution >= 0.6 is 0 Å². The molecule has 0 atom stereocenters. The van der Waals surface area contributed by atoms with E-state index in [1.54, 1.807) is 18.0 Å². The predicted molar refractivity (Wildman–Crippen MR) is 119 cm³/mol. The number of fused-ring (bicyclic) bond motifs is 1. The number of carbonyl (C=O) groups excluding carboxylic acids is 2. The number of nitrogens with one attached hydrogen (secondary N) is 2. The first-order chi connectivity index (χ1) is 15.0. The number of aryl methyl sites for hydroxylation is 1. The Morgan fingerprint density at radius 1 is 1.23 bits per heavy atom. The summed E-state index contributed by atoms with van der Waals surface area (Å²) in [5, 5.41) is 5.56. The van der Waals surface area contributed by atoms with Gasteiger partial charge in [0.25, 0.3) is 5.91 Å². The molecule has 1 fully saturated rings. The van der Waals surface area contributed by atoms with Gasteiger partial charge >= 0.3 is 6.03 Å². The predicted octanol–water partition coefficient (Wildman–Crippen LogP) is 1.83. The van der Waals surface area contributed by atoms with Crippen LogP contribution in [0.3, 0.4) is 0 Å². The van der Waals surface area contributed by atoms with Gasteiger partial charge in [0.2, 0.25) is 0 Å². The Balaban J connectivity index is 1.36. The van der Waals surface area contributed by atoms with Crippen molar-refractivity contribution in [1.82, 2.24) is 25.1 Å². The lowest BCUT2D eigenvalue weighted by molar-refractivity contribution is 0.0958. The molecule has 0 aromatic carbocycles. The van der Waals surface area contributed by atoms with Crippen LogP contribution in [-0.2, 0) is 13.1 Å². The second-order valence-electron chi connectivity index (χ2n) is 7.93. The largest absolute Gasteiger partial charge is 0.368 e. The first kappa shape index (κ1) is 21.0. The van der Waals surface area contributed by atoms with Crippen LogP contribution in [0.5, 0.6) is 0 Å². The summed E-state index contributed by atoms with van der Waals surface area (Å²) in [6.07, 6.45) is 1.92. The number of piperazine rings is 1. The molecule has 9 heteroatoms. The minimum Gasteiger partial charge on any atom is -0.368 e. The third kappa shape index (κ3) is 4.46. The highest BCUT2D eigenvalue weighted by Crippen LogP contribution is 2.24. The van der Waals surface area contributed by atoms with Gasteiger partial charge in [0, 0.05) is 52.5 Å². The van der Waals surface area contributed by atoms with Crippen molar-refractivity contribution < 1.29 is 9.59 Å². The van der Waals surface area contributed by atoms with Crippen LogP contribution < -0.4 is 15.5 Å². The van der Waals surface area contributed by atoms with Gasteiger partial charge in [-0.05, 0) is 37.6 Å². The summed E-state index contributed by atoms with van der Waals surface area (Å²) in [6, 6.07) is 5.75. The molecule has 0 radical (unpaired) electrons. The van der Waals surface area contributed by atoms with E-state index in [2.05, 4.69) is 30.4 Å². The van der Waals surface area contributed by atoms with E-state index in [1.165, 1.54) is 0 Å². The smallest absolute Gasteiger partial charge is 0.322 e. The molecule has 0 aliphatic carbocycles. The van der Waals surface area contributed by atoms with Crippen LogP contribution in [0.15, 0.2) is 24.4 Å².